The van der Waals surface area contributed by atoms with Crippen LogP contribution in [0.3, 0.4) is 0 Å². The Balaban J connectivity index is 2.33. The molecule has 0 aliphatic carbocycles. The minimum Gasteiger partial charge on any atom is -0.491 e. The Bertz CT molecular complexity index is 335. The lowest BCUT2D eigenvalue weighted by molar-refractivity contribution is 0.0279. The van der Waals surface area contributed by atoms with Crippen LogP contribution in [0.25, 0.3) is 0 Å². The first-order chi connectivity index (χ1) is 9.13. The van der Waals surface area contributed by atoms with Gasteiger partial charge >= 0.3 is 0 Å². The average molecular weight is 268 g/mol. The van der Waals surface area contributed by atoms with E-state index in [2.05, 4.69) is 0 Å². The molecule has 0 radical (unpaired) electrons. The lowest BCUT2D eigenvalue weighted by atomic mass is 10.1. The molecule has 0 amide bonds. The largest absolute Gasteiger partial charge is 0.491 e. The first-order valence-electron chi connectivity index (χ1n) is 6.65. The van der Waals surface area contributed by atoms with E-state index in [4.69, 9.17) is 14.2 Å². The molecule has 0 bridgehead atoms. The highest BCUT2D eigenvalue weighted by Gasteiger charge is 2.08. The summed E-state index contributed by atoms with van der Waals surface area (Å²) >= 11 is 0. The number of methoxy groups -OCH3 is 1. The van der Waals surface area contributed by atoms with E-state index in [1.165, 1.54) is 0 Å². The lowest BCUT2D eigenvalue weighted by Crippen LogP contribution is -2.09. The summed E-state index contributed by atoms with van der Waals surface area (Å²) in [5, 5.41) is 9.95. The number of aliphatic hydroxyl groups excluding tert-OH is 1. The summed E-state index contributed by atoms with van der Waals surface area (Å²) in [6, 6.07) is 7.45. The van der Waals surface area contributed by atoms with Crippen molar-refractivity contribution in [1.29, 1.82) is 0 Å². The van der Waals surface area contributed by atoms with Crippen LogP contribution in [0.5, 0.6) is 5.75 Å². The van der Waals surface area contributed by atoms with Crippen molar-refractivity contribution in [2.24, 2.45) is 0 Å². The fraction of sp³-hybridized carbons (Fsp3) is 0.600. The van der Waals surface area contributed by atoms with Gasteiger partial charge in [-0.3, -0.25) is 0 Å². The van der Waals surface area contributed by atoms with Crippen LogP contribution in [0.15, 0.2) is 24.3 Å². The molecule has 0 aliphatic rings. The molecule has 0 heterocycles. The third-order valence-corrected chi connectivity index (χ3v) is 2.55. The summed E-state index contributed by atoms with van der Waals surface area (Å²) in [6.07, 6.45) is 0.389. The van der Waals surface area contributed by atoms with Crippen molar-refractivity contribution in [1.82, 2.24) is 0 Å². The van der Waals surface area contributed by atoms with E-state index < -0.39 is 6.10 Å². The molecule has 0 aromatic heterocycles. The summed E-state index contributed by atoms with van der Waals surface area (Å²) in [6.45, 7) is 5.54. The second-order valence-corrected chi connectivity index (χ2v) is 4.67. The minimum absolute atomic E-state index is 0.153. The monoisotopic (exact) mass is 268 g/mol. The Hall–Kier alpha value is -1.10. The summed E-state index contributed by atoms with van der Waals surface area (Å²) in [4.78, 5) is 0. The van der Waals surface area contributed by atoms with Crippen molar-refractivity contribution in [2.75, 3.05) is 26.9 Å². The molecule has 1 rings (SSSR count). The van der Waals surface area contributed by atoms with Crippen LogP contribution in [0.4, 0.5) is 0 Å². The molecular weight excluding hydrogens is 244 g/mol. The van der Waals surface area contributed by atoms with Crippen molar-refractivity contribution >= 4 is 0 Å². The maximum Gasteiger partial charge on any atom is 0.119 e. The highest BCUT2D eigenvalue weighted by atomic mass is 16.5. The fourth-order valence-corrected chi connectivity index (χ4v) is 1.64. The molecule has 108 valence electrons. The van der Waals surface area contributed by atoms with Gasteiger partial charge in [0.05, 0.1) is 12.7 Å². The Kier molecular flexibility index (Phi) is 7.48. The lowest BCUT2D eigenvalue weighted by Gasteiger charge is -2.13. The third-order valence-electron chi connectivity index (χ3n) is 2.55. The van der Waals surface area contributed by atoms with E-state index in [0.29, 0.717) is 19.8 Å². The number of hydrogen-bond acceptors (Lipinski definition) is 4. The van der Waals surface area contributed by atoms with Gasteiger partial charge < -0.3 is 19.3 Å². The standard InChI is InChI=1S/C15H24O4/c1-12(2)19-14-7-5-13(6-8-14)15(16)11-18-10-4-9-17-3/h5-8,12,15-16H,4,9-11H2,1-3H3. The first-order valence-corrected chi connectivity index (χ1v) is 6.65. The highest BCUT2D eigenvalue weighted by Crippen LogP contribution is 2.19. The van der Waals surface area contributed by atoms with E-state index in [0.717, 1.165) is 17.7 Å². The topological polar surface area (TPSA) is 47.9 Å². The second kappa shape index (κ2) is 8.91. The van der Waals surface area contributed by atoms with Crippen molar-refractivity contribution in [3.63, 3.8) is 0 Å². The Morgan fingerprint density at radius 2 is 1.79 bits per heavy atom. The van der Waals surface area contributed by atoms with E-state index in [1.54, 1.807) is 7.11 Å². The van der Waals surface area contributed by atoms with E-state index in [1.807, 2.05) is 38.1 Å². The molecule has 1 aromatic carbocycles. The van der Waals surface area contributed by atoms with Gasteiger partial charge in [-0.2, -0.15) is 0 Å². The van der Waals surface area contributed by atoms with Gasteiger partial charge in [0.15, 0.2) is 0 Å². The summed E-state index contributed by atoms with van der Waals surface area (Å²) < 4.78 is 15.9. The second-order valence-electron chi connectivity index (χ2n) is 4.67. The van der Waals surface area contributed by atoms with Crippen molar-refractivity contribution < 1.29 is 19.3 Å². The number of rotatable bonds is 9. The zero-order valence-corrected chi connectivity index (χ0v) is 12.0. The number of benzene rings is 1. The Morgan fingerprint density at radius 3 is 2.37 bits per heavy atom. The van der Waals surface area contributed by atoms with Crippen LogP contribution in [0.2, 0.25) is 0 Å². The van der Waals surface area contributed by atoms with Crippen LogP contribution in [-0.4, -0.2) is 38.1 Å². The van der Waals surface area contributed by atoms with E-state index in [-0.39, 0.29) is 6.10 Å². The highest BCUT2D eigenvalue weighted by molar-refractivity contribution is 5.28. The molecule has 1 unspecified atom stereocenters. The van der Waals surface area contributed by atoms with E-state index in [9.17, 15) is 5.11 Å². The van der Waals surface area contributed by atoms with Crippen LogP contribution >= 0.6 is 0 Å². The fourth-order valence-electron chi connectivity index (χ4n) is 1.64. The molecular formula is C15H24O4. The van der Waals surface area contributed by atoms with Crippen LogP contribution in [-0.2, 0) is 9.47 Å². The smallest absolute Gasteiger partial charge is 0.119 e. The molecule has 1 atom stereocenters. The van der Waals surface area contributed by atoms with Gasteiger partial charge in [-0.05, 0) is 38.0 Å². The maximum atomic E-state index is 9.95. The van der Waals surface area contributed by atoms with Gasteiger partial charge in [0.25, 0.3) is 0 Å². The molecule has 4 heteroatoms. The molecule has 1 N–H and O–H groups in total. The van der Waals surface area contributed by atoms with Crippen LogP contribution in [0, 0.1) is 0 Å². The minimum atomic E-state index is -0.601. The SMILES string of the molecule is COCCCOCC(O)c1ccc(OC(C)C)cc1. The number of ether oxygens (including phenoxy) is 3. The van der Waals surface area contributed by atoms with Crippen molar-refractivity contribution in [3.05, 3.63) is 29.8 Å². The Labute approximate surface area is 115 Å². The van der Waals surface area contributed by atoms with Crippen LogP contribution in [0.1, 0.15) is 31.9 Å². The molecule has 0 saturated carbocycles. The molecule has 0 aliphatic heterocycles. The predicted molar refractivity (Wildman–Crippen MR) is 74.5 cm³/mol. The zero-order valence-electron chi connectivity index (χ0n) is 12.0. The van der Waals surface area contributed by atoms with Gasteiger partial charge in [0, 0.05) is 20.3 Å². The van der Waals surface area contributed by atoms with Crippen molar-refractivity contribution in [2.45, 2.75) is 32.5 Å². The number of hydrogen-bond donors (Lipinski definition) is 1. The maximum absolute atomic E-state index is 9.95. The van der Waals surface area contributed by atoms with Gasteiger partial charge in [-0.1, -0.05) is 12.1 Å². The van der Waals surface area contributed by atoms with E-state index >= 15 is 0 Å². The molecule has 4 nitrogen and oxygen atoms in total. The zero-order chi connectivity index (χ0) is 14.1. The average Bonchev–Trinajstić information content (AvgIpc) is 2.38. The summed E-state index contributed by atoms with van der Waals surface area (Å²) in [5.41, 5.74) is 0.836. The van der Waals surface area contributed by atoms with Crippen LogP contribution < -0.4 is 4.74 Å². The summed E-state index contributed by atoms with van der Waals surface area (Å²) in [7, 11) is 1.66. The number of aliphatic hydroxyl groups is 1. The summed E-state index contributed by atoms with van der Waals surface area (Å²) in [5.74, 6) is 0.812. The molecule has 1 aromatic rings. The third kappa shape index (κ3) is 6.57. The van der Waals surface area contributed by atoms with Gasteiger partial charge in [-0.25, -0.2) is 0 Å². The van der Waals surface area contributed by atoms with Crippen molar-refractivity contribution in [3.8, 4) is 5.75 Å². The molecule has 0 spiro atoms. The van der Waals surface area contributed by atoms with Gasteiger partial charge in [0.1, 0.15) is 11.9 Å². The molecule has 0 saturated heterocycles. The molecule has 0 fully saturated rings. The normalized spacial score (nSPS) is 12.7. The van der Waals surface area contributed by atoms with Gasteiger partial charge in [-0.15, -0.1) is 0 Å². The Morgan fingerprint density at radius 1 is 1.11 bits per heavy atom. The van der Waals surface area contributed by atoms with Gasteiger partial charge in [0.2, 0.25) is 0 Å². The molecule has 19 heavy (non-hydrogen) atoms. The quantitative estimate of drug-likeness (QED) is 0.699. The first kappa shape index (κ1) is 16.0. The predicted octanol–water partition coefficient (Wildman–Crippen LogP) is 2.56.